The standard InChI is InChI=1S/C17H18O/c1-2-4-12-7-8-13-11-16-14(10-15(13)9-12)5-3-6-17(16)18/h7-11H,2-6H2,1H3. The fourth-order valence-electron chi connectivity index (χ4n) is 2.88. The minimum absolute atomic E-state index is 0.316. The van der Waals surface area contributed by atoms with Gasteiger partial charge in [0.1, 0.15) is 0 Å². The van der Waals surface area contributed by atoms with Crippen molar-refractivity contribution in [2.24, 2.45) is 0 Å². The third kappa shape index (κ3) is 1.94. The Hall–Kier alpha value is -1.63. The molecule has 0 heterocycles. The van der Waals surface area contributed by atoms with Crippen LogP contribution in [0.4, 0.5) is 0 Å². The molecule has 1 aliphatic rings. The van der Waals surface area contributed by atoms with Crippen molar-refractivity contribution in [3.05, 3.63) is 47.0 Å². The highest BCUT2D eigenvalue weighted by molar-refractivity contribution is 6.02. The molecule has 0 saturated heterocycles. The zero-order valence-corrected chi connectivity index (χ0v) is 10.8. The van der Waals surface area contributed by atoms with Crippen molar-refractivity contribution >= 4 is 16.6 Å². The Balaban J connectivity index is 2.14. The average Bonchev–Trinajstić information content (AvgIpc) is 2.38. The zero-order valence-electron chi connectivity index (χ0n) is 10.8. The molecule has 2 aromatic rings. The first kappa shape index (κ1) is 11.5. The number of fused-ring (bicyclic) bond motifs is 2. The molecule has 0 atom stereocenters. The summed E-state index contributed by atoms with van der Waals surface area (Å²) in [6.45, 7) is 2.20. The molecule has 0 bridgehead atoms. The van der Waals surface area contributed by atoms with E-state index in [1.54, 1.807) is 0 Å². The second kappa shape index (κ2) is 4.56. The van der Waals surface area contributed by atoms with Gasteiger partial charge in [0.15, 0.2) is 5.78 Å². The van der Waals surface area contributed by atoms with Crippen LogP contribution in [-0.2, 0) is 12.8 Å². The molecule has 1 heteroatoms. The van der Waals surface area contributed by atoms with Crippen LogP contribution < -0.4 is 0 Å². The zero-order chi connectivity index (χ0) is 12.5. The van der Waals surface area contributed by atoms with E-state index in [2.05, 4.69) is 37.3 Å². The van der Waals surface area contributed by atoms with Crippen LogP contribution in [0.25, 0.3) is 10.8 Å². The summed E-state index contributed by atoms with van der Waals surface area (Å²) in [7, 11) is 0. The van der Waals surface area contributed by atoms with Gasteiger partial charge in [-0.05, 0) is 47.2 Å². The number of hydrogen-bond donors (Lipinski definition) is 0. The van der Waals surface area contributed by atoms with Crippen LogP contribution in [0.1, 0.15) is 47.7 Å². The summed E-state index contributed by atoms with van der Waals surface area (Å²) in [5.74, 6) is 0.316. The number of Topliss-reactive ketones (excluding diaryl/α,β-unsaturated/α-hetero) is 1. The average molecular weight is 238 g/mol. The fourth-order valence-corrected chi connectivity index (χ4v) is 2.88. The number of benzene rings is 2. The minimum Gasteiger partial charge on any atom is -0.294 e. The lowest BCUT2D eigenvalue weighted by molar-refractivity contribution is 0.0972. The Morgan fingerprint density at radius 1 is 1.06 bits per heavy atom. The van der Waals surface area contributed by atoms with E-state index >= 15 is 0 Å². The Labute approximate surface area is 108 Å². The molecule has 3 rings (SSSR count). The highest BCUT2D eigenvalue weighted by atomic mass is 16.1. The van der Waals surface area contributed by atoms with Crippen molar-refractivity contribution < 1.29 is 4.79 Å². The highest BCUT2D eigenvalue weighted by Crippen LogP contribution is 2.27. The van der Waals surface area contributed by atoms with E-state index in [0.717, 1.165) is 24.8 Å². The monoisotopic (exact) mass is 238 g/mol. The van der Waals surface area contributed by atoms with Crippen LogP contribution >= 0.6 is 0 Å². The van der Waals surface area contributed by atoms with Gasteiger partial charge < -0.3 is 0 Å². The Kier molecular flexibility index (Phi) is 2.91. The quantitative estimate of drug-likeness (QED) is 0.762. The van der Waals surface area contributed by atoms with Gasteiger partial charge in [0.05, 0.1) is 0 Å². The molecular weight excluding hydrogens is 220 g/mol. The maximum absolute atomic E-state index is 11.9. The fraction of sp³-hybridized carbons (Fsp3) is 0.353. The summed E-state index contributed by atoms with van der Waals surface area (Å²) in [6.07, 6.45) is 5.08. The van der Waals surface area contributed by atoms with Crippen LogP contribution in [-0.4, -0.2) is 5.78 Å². The van der Waals surface area contributed by atoms with Crippen molar-refractivity contribution in [2.75, 3.05) is 0 Å². The van der Waals surface area contributed by atoms with E-state index in [0.29, 0.717) is 12.2 Å². The van der Waals surface area contributed by atoms with Gasteiger partial charge in [0.25, 0.3) is 0 Å². The molecule has 0 amide bonds. The van der Waals surface area contributed by atoms with Crippen molar-refractivity contribution in [2.45, 2.75) is 39.0 Å². The normalized spacial score (nSPS) is 14.8. The van der Waals surface area contributed by atoms with Gasteiger partial charge in [-0.1, -0.05) is 37.6 Å². The number of ketones is 1. The SMILES string of the molecule is CCCc1ccc2cc3c(cc2c1)CCCC3=O. The minimum atomic E-state index is 0.316. The molecule has 18 heavy (non-hydrogen) atoms. The molecule has 0 spiro atoms. The molecule has 0 radical (unpaired) electrons. The van der Waals surface area contributed by atoms with Crippen molar-refractivity contribution in [3.8, 4) is 0 Å². The maximum atomic E-state index is 11.9. The van der Waals surface area contributed by atoms with Crippen LogP contribution in [0.3, 0.4) is 0 Å². The van der Waals surface area contributed by atoms with Crippen molar-refractivity contribution in [1.29, 1.82) is 0 Å². The van der Waals surface area contributed by atoms with Gasteiger partial charge in [-0.25, -0.2) is 0 Å². The third-order valence-corrected chi connectivity index (χ3v) is 3.82. The summed E-state index contributed by atoms with van der Waals surface area (Å²) < 4.78 is 0. The molecule has 0 aliphatic heterocycles. The number of carbonyl (C=O) groups is 1. The number of hydrogen-bond acceptors (Lipinski definition) is 1. The van der Waals surface area contributed by atoms with Gasteiger partial charge in [0.2, 0.25) is 0 Å². The molecule has 0 N–H and O–H groups in total. The molecule has 0 saturated carbocycles. The highest BCUT2D eigenvalue weighted by Gasteiger charge is 2.17. The summed E-state index contributed by atoms with van der Waals surface area (Å²) in [5, 5.41) is 2.48. The molecular formula is C17H18O. The second-order valence-corrected chi connectivity index (χ2v) is 5.22. The Morgan fingerprint density at radius 3 is 2.78 bits per heavy atom. The largest absolute Gasteiger partial charge is 0.294 e. The van der Waals surface area contributed by atoms with E-state index in [1.165, 1.54) is 28.3 Å². The van der Waals surface area contributed by atoms with E-state index in [9.17, 15) is 4.79 Å². The number of rotatable bonds is 2. The predicted molar refractivity (Wildman–Crippen MR) is 75.2 cm³/mol. The van der Waals surface area contributed by atoms with E-state index in [1.807, 2.05) is 0 Å². The number of carbonyl (C=O) groups excluding carboxylic acids is 1. The Bertz CT molecular complexity index is 610. The molecule has 2 aromatic carbocycles. The molecule has 0 aromatic heterocycles. The van der Waals surface area contributed by atoms with Gasteiger partial charge in [-0.2, -0.15) is 0 Å². The van der Waals surface area contributed by atoms with Crippen molar-refractivity contribution in [3.63, 3.8) is 0 Å². The van der Waals surface area contributed by atoms with Gasteiger partial charge in [-0.15, -0.1) is 0 Å². The topological polar surface area (TPSA) is 17.1 Å². The summed E-state index contributed by atoms with van der Waals surface area (Å²) in [5.41, 5.74) is 3.59. The smallest absolute Gasteiger partial charge is 0.163 e. The molecule has 1 nitrogen and oxygen atoms in total. The molecule has 1 aliphatic carbocycles. The molecule has 92 valence electrons. The lowest BCUT2D eigenvalue weighted by Gasteiger charge is -2.16. The summed E-state index contributed by atoms with van der Waals surface area (Å²) in [4.78, 5) is 11.9. The first-order valence-corrected chi connectivity index (χ1v) is 6.86. The van der Waals surface area contributed by atoms with E-state index in [-0.39, 0.29) is 0 Å². The maximum Gasteiger partial charge on any atom is 0.163 e. The summed E-state index contributed by atoms with van der Waals surface area (Å²) in [6, 6.07) is 10.9. The van der Waals surface area contributed by atoms with Crippen LogP contribution in [0.5, 0.6) is 0 Å². The third-order valence-electron chi connectivity index (χ3n) is 3.82. The van der Waals surface area contributed by atoms with Gasteiger partial charge in [-0.3, -0.25) is 4.79 Å². The molecule has 0 unspecified atom stereocenters. The summed E-state index contributed by atoms with van der Waals surface area (Å²) >= 11 is 0. The first-order valence-electron chi connectivity index (χ1n) is 6.86. The lowest BCUT2D eigenvalue weighted by Crippen LogP contribution is -2.10. The van der Waals surface area contributed by atoms with Gasteiger partial charge >= 0.3 is 0 Å². The lowest BCUT2D eigenvalue weighted by atomic mass is 9.88. The second-order valence-electron chi connectivity index (χ2n) is 5.22. The van der Waals surface area contributed by atoms with Crippen LogP contribution in [0, 0.1) is 0 Å². The number of aryl methyl sites for hydroxylation is 2. The first-order chi connectivity index (χ1) is 8.78. The Morgan fingerprint density at radius 2 is 1.94 bits per heavy atom. The van der Waals surface area contributed by atoms with Crippen molar-refractivity contribution in [1.82, 2.24) is 0 Å². The van der Waals surface area contributed by atoms with E-state index < -0.39 is 0 Å². The van der Waals surface area contributed by atoms with Crippen LogP contribution in [0.2, 0.25) is 0 Å². The van der Waals surface area contributed by atoms with Gasteiger partial charge in [0, 0.05) is 12.0 Å². The van der Waals surface area contributed by atoms with E-state index in [4.69, 9.17) is 0 Å². The van der Waals surface area contributed by atoms with Crippen LogP contribution in [0.15, 0.2) is 30.3 Å². The predicted octanol–water partition coefficient (Wildman–Crippen LogP) is 4.31. The molecule has 0 fully saturated rings.